The second-order valence-electron chi connectivity index (χ2n) is 6.46. The number of aliphatic carboxylic acids is 1. The van der Waals surface area contributed by atoms with Crippen molar-refractivity contribution in [3.05, 3.63) is 65.5 Å². The predicted octanol–water partition coefficient (Wildman–Crippen LogP) is 4.45. The van der Waals surface area contributed by atoms with E-state index in [1.807, 2.05) is 18.2 Å². The predicted molar refractivity (Wildman–Crippen MR) is 103 cm³/mol. The molecule has 138 valence electrons. The van der Waals surface area contributed by atoms with Crippen LogP contribution in [-0.4, -0.2) is 22.7 Å². The van der Waals surface area contributed by atoms with Crippen LogP contribution in [0.5, 0.6) is 0 Å². The van der Waals surface area contributed by atoms with E-state index in [4.69, 9.17) is 5.11 Å². The maximum Gasteiger partial charge on any atom is 0.304 e. The molecule has 0 saturated heterocycles. The molecule has 0 aliphatic carbocycles. The van der Waals surface area contributed by atoms with Gasteiger partial charge in [-0.3, -0.25) is 9.59 Å². The zero-order chi connectivity index (χ0) is 19.2. The van der Waals surface area contributed by atoms with Crippen LogP contribution >= 0.6 is 11.8 Å². The zero-order valence-electron chi connectivity index (χ0n) is 14.8. The molecule has 0 fully saturated rings. The number of rotatable bonds is 8. The molecule has 0 aliphatic heterocycles. The lowest BCUT2D eigenvalue weighted by molar-refractivity contribution is -0.136. The largest absolute Gasteiger partial charge is 0.481 e. The van der Waals surface area contributed by atoms with E-state index < -0.39 is 17.2 Å². The van der Waals surface area contributed by atoms with Crippen molar-refractivity contribution >= 4 is 29.3 Å². The van der Waals surface area contributed by atoms with Crippen LogP contribution in [0.1, 0.15) is 31.4 Å². The van der Waals surface area contributed by atoms with E-state index in [2.05, 4.69) is 5.32 Å². The third-order valence-electron chi connectivity index (χ3n) is 4.03. The van der Waals surface area contributed by atoms with Gasteiger partial charge in [0.2, 0.25) is 5.91 Å². The summed E-state index contributed by atoms with van der Waals surface area (Å²) in [6.45, 7) is 3.37. The topological polar surface area (TPSA) is 66.4 Å². The number of anilines is 1. The molecule has 26 heavy (non-hydrogen) atoms. The minimum atomic E-state index is -1.02. The molecule has 4 nitrogen and oxygen atoms in total. The Morgan fingerprint density at radius 3 is 2.58 bits per heavy atom. The maximum atomic E-state index is 14.1. The molecule has 0 heterocycles. The number of nitrogens with one attached hydrogen (secondary N) is 1. The molecular weight excluding hydrogens is 353 g/mol. The number of carboxylic acid groups (broad SMARTS) is 1. The number of hydrogen-bond acceptors (Lipinski definition) is 3. The fraction of sp³-hybridized carbons (Fsp3) is 0.300. The monoisotopic (exact) mass is 375 g/mol. The van der Waals surface area contributed by atoms with Crippen molar-refractivity contribution in [2.75, 3.05) is 11.1 Å². The van der Waals surface area contributed by atoms with Crippen molar-refractivity contribution < 1.29 is 19.1 Å². The molecule has 0 unspecified atom stereocenters. The number of benzene rings is 2. The van der Waals surface area contributed by atoms with Gasteiger partial charge in [0.1, 0.15) is 5.82 Å². The summed E-state index contributed by atoms with van der Waals surface area (Å²) in [4.78, 5) is 23.2. The van der Waals surface area contributed by atoms with Crippen molar-refractivity contribution in [1.29, 1.82) is 0 Å². The summed E-state index contributed by atoms with van der Waals surface area (Å²) in [7, 11) is 0. The van der Waals surface area contributed by atoms with Gasteiger partial charge in [-0.2, -0.15) is 11.8 Å². The summed E-state index contributed by atoms with van der Waals surface area (Å²) < 4.78 is 14.1. The summed E-state index contributed by atoms with van der Waals surface area (Å²) in [6, 6.07) is 13.7. The molecule has 0 radical (unpaired) electrons. The lowest BCUT2D eigenvalue weighted by atomic mass is 9.83. The summed E-state index contributed by atoms with van der Waals surface area (Å²) in [5.74, 6) is -0.316. The molecule has 0 atom stereocenters. The molecule has 0 saturated carbocycles. The highest BCUT2D eigenvalue weighted by molar-refractivity contribution is 7.98. The van der Waals surface area contributed by atoms with Gasteiger partial charge in [0.15, 0.2) is 0 Å². The molecule has 2 aromatic carbocycles. The Bertz CT molecular complexity index is 792. The molecule has 0 spiro atoms. The van der Waals surface area contributed by atoms with Crippen LogP contribution in [0.4, 0.5) is 10.1 Å². The van der Waals surface area contributed by atoms with Crippen LogP contribution in [0.3, 0.4) is 0 Å². The van der Waals surface area contributed by atoms with Crippen LogP contribution in [0.15, 0.2) is 48.5 Å². The minimum Gasteiger partial charge on any atom is -0.481 e. The third-order valence-corrected chi connectivity index (χ3v) is 5.06. The molecule has 2 aromatic rings. The van der Waals surface area contributed by atoms with Crippen LogP contribution in [0, 0.1) is 5.82 Å². The van der Waals surface area contributed by atoms with Crippen molar-refractivity contribution in [2.45, 2.75) is 31.4 Å². The van der Waals surface area contributed by atoms with Crippen LogP contribution in [0.25, 0.3) is 0 Å². The SMILES string of the molecule is CC(C)(C(=O)Nc1cccc(CSCCC(=O)O)c1)c1ccccc1F. The highest BCUT2D eigenvalue weighted by Gasteiger charge is 2.32. The molecule has 2 N–H and O–H groups in total. The van der Waals surface area contributed by atoms with Crippen molar-refractivity contribution in [2.24, 2.45) is 0 Å². The van der Waals surface area contributed by atoms with E-state index in [9.17, 15) is 14.0 Å². The standard InChI is InChI=1S/C20H22FNO3S/c1-20(2,16-8-3-4-9-17(16)21)19(25)22-15-7-5-6-14(12-15)13-26-11-10-18(23)24/h3-9,12H,10-11,13H2,1-2H3,(H,22,25)(H,23,24). The highest BCUT2D eigenvalue weighted by atomic mass is 32.2. The molecule has 6 heteroatoms. The first-order valence-electron chi connectivity index (χ1n) is 8.25. The Morgan fingerprint density at radius 1 is 1.15 bits per heavy atom. The van der Waals surface area contributed by atoms with Crippen molar-refractivity contribution in [3.63, 3.8) is 0 Å². The van der Waals surface area contributed by atoms with Gasteiger partial charge in [-0.15, -0.1) is 0 Å². The first-order chi connectivity index (χ1) is 12.3. The number of hydrogen-bond donors (Lipinski definition) is 2. The Kier molecular flexibility index (Phi) is 6.80. The van der Waals surface area contributed by atoms with Crippen molar-refractivity contribution in [3.8, 4) is 0 Å². The van der Waals surface area contributed by atoms with Gasteiger partial charge in [-0.1, -0.05) is 30.3 Å². The zero-order valence-corrected chi connectivity index (χ0v) is 15.6. The minimum absolute atomic E-state index is 0.123. The number of amides is 1. The van der Waals surface area contributed by atoms with Crippen LogP contribution in [-0.2, 0) is 20.8 Å². The summed E-state index contributed by atoms with van der Waals surface area (Å²) in [5, 5.41) is 11.5. The highest BCUT2D eigenvalue weighted by Crippen LogP contribution is 2.27. The summed E-state index contributed by atoms with van der Waals surface area (Å²) in [5.41, 5.74) is 0.952. The normalized spacial score (nSPS) is 11.2. The quantitative estimate of drug-likeness (QED) is 0.669. The van der Waals surface area contributed by atoms with Gasteiger partial charge in [0, 0.05) is 22.8 Å². The number of carbonyl (C=O) groups is 2. The Hall–Kier alpha value is -2.34. The fourth-order valence-electron chi connectivity index (χ4n) is 2.47. The van der Waals surface area contributed by atoms with Gasteiger partial charge in [-0.25, -0.2) is 4.39 Å². The molecule has 1 amide bonds. The van der Waals surface area contributed by atoms with E-state index in [0.717, 1.165) is 5.56 Å². The van der Waals surface area contributed by atoms with E-state index in [-0.39, 0.29) is 12.3 Å². The maximum absolute atomic E-state index is 14.1. The van der Waals surface area contributed by atoms with Crippen molar-refractivity contribution in [1.82, 2.24) is 0 Å². The average molecular weight is 375 g/mol. The first kappa shape index (κ1) is 20.0. The fourth-order valence-corrected chi connectivity index (χ4v) is 3.34. The van der Waals surface area contributed by atoms with E-state index in [1.165, 1.54) is 17.8 Å². The number of halogens is 1. The van der Waals surface area contributed by atoms with Gasteiger partial charge in [0.25, 0.3) is 0 Å². The smallest absolute Gasteiger partial charge is 0.304 e. The third kappa shape index (κ3) is 5.33. The molecular formula is C20H22FNO3S. The Labute approximate surface area is 156 Å². The summed E-state index contributed by atoms with van der Waals surface area (Å²) >= 11 is 1.52. The molecule has 0 bridgehead atoms. The average Bonchev–Trinajstić information content (AvgIpc) is 2.59. The van der Waals surface area contributed by atoms with E-state index in [1.54, 1.807) is 38.1 Å². The van der Waals surface area contributed by atoms with Gasteiger partial charge >= 0.3 is 5.97 Å². The molecule has 0 aromatic heterocycles. The lowest BCUT2D eigenvalue weighted by Gasteiger charge is -2.24. The van der Waals surface area contributed by atoms with Crippen LogP contribution in [0.2, 0.25) is 0 Å². The van der Waals surface area contributed by atoms with E-state index in [0.29, 0.717) is 22.8 Å². The van der Waals surface area contributed by atoms with Crippen LogP contribution < -0.4 is 5.32 Å². The first-order valence-corrected chi connectivity index (χ1v) is 9.41. The molecule has 2 rings (SSSR count). The van der Waals surface area contributed by atoms with Gasteiger partial charge in [0.05, 0.1) is 11.8 Å². The number of thioether (sulfide) groups is 1. The van der Waals surface area contributed by atoms with Gasteiger partial charge < -0.3 is 10.4 Å². The lowest BCUT2D eigenvalue weighted by Crippen LogP contribution is -2.35. The number of carbonyl (C=O) groups excluding carboxylic acids is 1. The van der Waals surface area contributed by atoms with E-state index >= 15 is 0 Å². The second-order valence-corrected chi connectivity index (χ2v) is 7.56. The Balaban J connectivity index is 2.03. The Morgan fingerprint density at radius 2 is 1.88 bits per heavy atom. The second kappa shape index (κ2) is 8.85. The summed E-state index contributed by atoms with van der Waals surface area (Å²) in [6.07, 6.45) is 0.123. The number of carboxylic acids is 1. The van der Waals surface area contributed by atoms with Gasteiger partial charge in [-0.05, 0) is 37.6 Å². The molecule has 0 aliphatic rings.